The van der Waals surface area contributed by atoms with E-state index in [1.54, 1.807) is 34.8 Å². The van der Waals surface area contributed by atoms with Crippen LogP contribution in [0.2, 0.25) is 0 Å². The summed E-state index contributed by atoms with van der Waals surface area (Å²) in [6.45, 7) is 7.61. The Morgan fingerprint density at radius 1 is 1.27 bits per heavy atom. The summed E-state index contributed by atoms with van der Waals surface area (Å²) in [5, 5.41) is 1.92. The fourth-order valence-electron chi connectivity index (χ4n) is 2.98. The second kappa shape index (κ2) is 9.09. The van der Waals surface area contributed by atoms with Crippen molar-refractivity contribution in [1.29, 1.82) is 0 Å². The lowest BCUT2D eigenvalue weighted by molar-refractivity contribution is -0.150. The van der Waals surface area contributed by atoms with Crippen LogP contribution in [0.4, 0.5) is 0 Å². The normalized spacial score (nSPS) is 20.2. The van der Waals surface area contributed by atoms with Crippen molar-refractivity contribution < 1.29 is 23.8 Å². The van der Waals surface area contributed by atoms with Crippen molar-refractivity contribution in [3.63, 3.8) is 0 Å². The van der Waals surface area contributed by atoms with E-state index in [2.05, 4.69) is 4.99 Å². The molecule has 6 nitrogen and oxygen atoms in total. The van der Waals surface area contributed by atoms with Crippen LogP contribution in [-0.2, 0) is 23.8 Å². The molecule has 2 rings (SSSR count). The van der Waals surface area contributed by atoms with Crippen molar-refractivity contribution in [2.45, 2.75) is 39.7 Å². The number of allylic oxidation sites excluding steroid dienone is 1. The first kappa shape index (κ1) is 20.3. The molecule has 0 N–H and O–H groups in total. The van der Waals surface area contributed by atoms with Crippen molar-refractivity contribution in [2.75, 3.05) is 20.3 Å². The predicted octanol–water partition coefficient (Wildman–Crippen LogP) is 3.34. The van der Waals surface area contributed by atoms with Crippen LogP contribution in [0, 0.1) is 5.92 Å². The fourth-order valence-corrected chi connectivity index (χ4v) is 3.86. The van der Waals surface area contributed by atoms with E-state index in [1.165, 1.54) is 11.3 Å². The van der Waals surface area contributed by atoms with Crippen LogP contribution in [0.15, 0.2) is 33.8 Å². The molecule has 142 valence electrons. The van der Waals surface area contributed by atoms with Crippen molar-refractivity contribution in [2.24, 2.45) is 10.9 Å². The molecule has 1 aromatic rings. The maximum atomic E-state index is 12.8. The molecule has 0 aromatic carbocycles. The van der Waals surface area contributed by atoms with Crippen LogP contribution in [0.25, 0.3) is 0 Å². The first-order valence-electron chi connectivity index (χ1n) is 8.52. The summed E-state index contributed by atoms with van der Waals surface area (Å²) in [6.07, 6.45) is -0.247. The minimum absolute atomic E-state index is 0.146. The predicted molar refractivity (Wildman–Crippen MR) is 100 cm³/mol. The summed E-state index contributed by atoms with van der Waals surface area (Å²) in [5.74, 6) is -1.97. The number of nitrogens with zero attached hydrogens (tertiary/aromatic N) is 1. The van der Waals surface area contributed by atoms with Crippen LogP contribution in [-0.4, -0.2) is 44.1 Å². The molecule has 1 aliphatic heterocycles. The number of rotatable bonds is 7. The van der Waals surface area contributed by atoms with Gasteiger partial charge in [0.25, 0.3) is 0 Å². The molecular formula is C19H25NO5S. The minimum Gasteiger partial charge on any atom is -0.462 e. The third kappa shape index (κ3) is 4.59. The number of esters is 2. The SMILES string of the molecule is COCCOC(=O)C1=C(C)N=C(C)C(C(=O)OC(C)C)C1c1cccs1. The highest BCUT2D eigenvalue weighted by Gasteiger charge is 2.43. The van der Waals surface area contributed by atoms with Gasteiger partial charge in [0, 0.05) is 29.3 Å². The quantitative estimate of drug-likeness (QED) is 0.537. The van der Waals surface area contributed by atoms with Gasteiger partial charge < -0.3 is 14.2 Å². The number of ether oxygens (including phenoxy) is 3. The zero-order chi connectivity index (χ0) is 19.3. The Morgan fingerprint density at radius 2 is 2.00 bits per heavy atom. The van der Waals surface area contributed by atoms with Crippen molar-refractivity contribution in [3.8, 4) is 0 Å². The molecule has 26 heavy (non-hydrogen) atoms. The van der Waals surface area contributed by atoms with Crippen molar-refractivity contribution in [1.82, 2.24) is 0 Å². The van der Waals surface area contributed by atoms with Gasteiger partial charge in [-0.2, -0.15) is 0 Å². The van der Waals surface area contributed by atoms with Crippen LogP contribution >= 0.6 is 11.3 Å². The van der Waals surface area contributed by atoms with Gasteiger partial charge in [-0.25, -0.2) is 4.79 Å². The largest absolute Gasteiger partial charge is 0.462 e. The van der Waals surface area contributed by atoms with Crippen molar-refractivity contribution >= 4 is 29.0 Å². The molecule has 2 unspecified atom stereocenters. The molecule has 1 aromatic heterocycles. The van der Waals surface area contributed by atoms with Gasteiger partial charge in [-0.1, -0.05) is 6.07 Å². The van der Waals surface area contributed by atoms with Crippen molar-refractivity contribution in [3.05, 3.63) is 33.7 Å². The standard InChI is InChI=1S/C19H25NO5S/c1-11(2)25-19(22)16-13(4)20-12(3)15(18(21)24-9-8-23-5)17(16)14-7-6-10-26-14/h6-7,10-11,16-17H,8-9H2,1-5H3. The highest BCUT2D eigenvalue weighted by Crippen LogP contribution is 2.41. The second-order valence-electron chi connectivity index (χ2n) is 6.34. The number of carbonyl (C=O) groups is 2. The summed E-state index contributed by atoms with van der Waals surface area (Å²) < 4.78 is 15.7. The third-order valence-electron chi connectivity index (χ3n) is 4.02. The number of hydrogen-bond acceptors (Lipinski definition) is 7. The average Bonchev–Trinajstić information content (AvgIpc) is 3.07. The minimum atomic E-state index is -0.648. The molecule has 1 aliphatic rings. The van der Waals surface area contributed by atoms with E-state index in [1.807, 2.05) is 17.5 Å². The zero-order valence-electron chi connectivity index (χ0n) is 15.8. The zero-order valence-corrected chi connectivity index (χ0v) is 16.6. The van der Waals surface area contributed by atoms with Gasteiger partial charge in [0.05, 0.1) is 18.3 Å². The topological polar surface area (TPSA) is 74.2 Å². The van der Waals surface area contributed by atoms with Crippen LogP contribution < -0.4 is 0 Å². The fraction of sp³-hybridized carbons (Fsp3) is 0.526. The molecule has 0 radical (unpaired) electrons. The Balaban J connectivity index is 2.43. The second-order valence-corrected chi connectivity index (χ2v) is 7.32. The summed E-state index contributed by atoms with van der Waals surface area (Å²) in [6, 6.07) is 3.81. The van der Waals surface area contributed by atoms with E-state index < -0.39 is 17.8 Å². The van der Waals surface area contributed by atoms with E-state index in [0.717, 1.165) is 4.88 Å². The Bertz CT molecular complexity index is 706. The Morgan fingerprint density at radius 3 is 2.58 bits per heavy atom. The molecule has 0 saturated heterocycles. The van der Waals surface area contributed by atoms with E-state index in [-0.39, 0.29) is 18.7 Å². The molecule has 0 bridgehead atoms. The summed E-state index contributed by atoms with van der Waals surface area (Å²) in [5.41, 5.74) is 1.61. The van der Waals surface area contributed by atoms with Gasteiger partial charge in [-0.15, -0.1) is 11.3 Å². The Labute approximate surface area is 157 Å². The summed E-state index contributed by atoms with van der Waals surface area (Å²) >= 11 is 1.49. The lowest BCUT2D eigenvalue weighted by Gasteiger charge is -2.31. The van der Waals surface area contributed by atoms with Gasteiger partial charge in [0.15, 0.2) is 0 Å². The molecular weight excluding hydrogens is 354 g/mol. The van der Waals surface area contributed by atoms with Gasteiger partial charge in [0.1, 0.15) is 12.5 Å². The van der Waals surface area contributed by atoms with Gasteiger partial charge in [0.2, 0.25) is 0 Å². The summed E-state index contributed by atoms with van der Waals surface area (Å²) in [4.78, 5) is 30.9. The average molecular weight is 379 g/mol. The van der Waals surface area contributed by atoms with Crippen LogP contribution in [0.3, 0.4) is 0 Å². The molecule has 0 fully saturated rings. The van der Waals surface area contributed by atoms with E-state index in [9.17, 15) is 9.59 Å². The smallest absolute Gasteiger partial charge is 0.336 e. The number of hydrogen-bond donors (Lipinski definition) is 0. The monoisotopic (exact) mass is 379 g/mol. The highest BCUT2D eigenvalue weighted by atomic mass is 32.1. The molecule has 2 atom stereocenters. The molecule has 7 heteroatoms. The van der Waals surface area contributed by atoms with Gasteiger partial charge in [-0.3, -0.25) is 9.79 Å². The molecule has 0 amide bonds. The van der Waals surface area contributed by atoms with Crippen LogP contribution in [0.5, 0.6) is 0 Å². The van der Waals surface area contributed by atoms with Crippen LogP contribution in [0.1, 0.15) is 38.5 Å². The first-order valence-corrected chi connectivity index (χ1v) is 9.40. The highest BCUT2D eigenvalue weighted by molar-refractivity contribution is 7.10. The molecule has 0 aliphatic carbocycles. The summed E-state index contributed by atoms with van der Waals surface area (Å²) in [7, 11) is 1.54. The lowest BCUT2D eigenvalue weighted by Crippen LogP contribution is -2.37. The molecule has 2 heterocycles. The van der Waals surface area contributed by atoms with Gasteiger partial charge >= 0.3 is 11.9 Å². The maximum absolute atomic E-state index is 12.8. The molecule has 0 spiro atoms. The lowest BCUT2D eigenvalue weighted by atomic mass is 9.79. The Kier molecular flexibility index (Phi) is 7.11. The van der Waals surface area contributed by atoms with E-state index in [4.69, 9.17) is 14.2 Å². The third-order valence-corrected chi connectivity index (χ3v) is 4.98. The molecule has 0 saturated carbocycles. The number of methoxy groups -OCH3 is 1. The van der Waals surface area contributed by atoms with Gasteiger partial charge in [-0.05, 0) is 39.1 Å². The number of thiophene rings is 1. The first-order chi connectivity index (χ1) is 12.4. The maximum Gasteiger partial charge on any atom is 0.336 e. The number of aliphatic imine (C=N–C) groups is 1. The Hall–Kier alpha value is -1.99. The van der Waals surface area contributed by atoms with E-state index >= 15 is 0 Å². The van der Waals surface area contributed by atoms with E-state index in [0.29, 0.717) is 23.6 Å². The number of carbonyl (C=O) groups excluding carboxylic acids is 2.